The van der Waals surface area contributed by atoms with Crippen molar-refractivity contribution < 1.29 is 18.9 Å². The standard InChI is InChI=1S/C25H23ClN2O4/c1-29-18-6-4-5-16(11-18)25-28-21(19-13-17(26)8-10-22(19)32-25)14-20(27-28)15-7-9-23(30-2)24(12-15)31-3/h4-13,21,25H,14H2,1-3H3/t21-,25-/m0/s1. The molecule has 0 bridgehead atoms. The smallest absolute Gasteiger partial charge is 0.214 e. The Kier molecular flexibility index (Phi) is 5.31. The lowest BCUT2D eigenvalue weighted by molar-refractivity contribution is -0.0191. The molecule has 32 heavy (non-hydrogen) atoms. The van der Waals surface area contributed by atoms with Crippen molar-refractivity contribution in [2.24, 2.45) is 5.10 Å². The van der Waals surface area contributed by atoms with Gasteiger partial charge in [0.25, 0.3) is 0 Å². The summed E-state index contributed by atoms with van der Waals surface area (Å²) in [6.07, 6.45) is 0.327. The van der Waals surface area contributed by atoms with E-state index in [2.05, 4.69) is 0 Å². The first kappa shape index (κ1) is 20.5. The maximum Gasteiger partial charge on any atom is 0.214 e. The Morgan fingerprint density at radius 2 is 1.78 bits per heavy atom. The van der Waals surface area contributed by atoms with Gasteiger partial charge in [-0.25, -0.2) is 5.01 Å². The second kappa shape index (κ2) is 8.28. The summed E-state index contributed by atoms with van der Waals surface area (Å²) in [5.41, 5.74) is 3.91. The van der Waals surface area contributed by atoms with E-state index in [-0.39, 0.29) is 12.3 Å². The average Bonchev–Trinajstić information content (AvgIpc) is 3.29. The molecule has 7 heteroatoms. The topological polar surface area (TPSA) is 52.5 Å². The fourth-order valence-electron chi connectivity index (χ4n) is 4.26. The molecule has 5 rings (SSSR count). The molecule has 0 amide bonds. The van der Waals surface area contributed by atoms with Crippen molar-refractivity contribution in [2.45, 2.75) is 18.7 Å². The zero-order chi connectivity index (χ0) is 22.2. The van der Waals surface area contributed by atoms with Crippen LogP contribution in [0.5, 0.6) is 23.0 Å². The molecule has 164 valence electrons. The molecule has 0 saturated carbocycles. The molecule has 0 unspecified atom stereocenters. The van der Waals surface area contributed by atoms with Gasteiger partial charge in [-0.3, -0.25) is 0 Å². The second-order valence-corrected chi connectivity index (χ2v) is 8.08. The first-order valence-corrected chi connectivity index (χ1v) is 10.7. The van der Waals surface area contributed by atoms with E-state index in [9.17, 15) is 0 Å². The van der Waals surface area contributed by atoms with Crippen LogP contribution in [0, 0.1) is 0 Å². The number of hydrazone groups is 1. The third-order valence-electron chi connectivity index (χ3n) is 5.85. The fourth-order valence-corrected chi connectivity index (χ4v) is 4.44. The lowest BCUT2D eigenvalue weighted by Crippen LogP contribution is -2.33. The van der Waals surface area contributed by atoms with Gasteiger partial charge in [0.05, 0.1) is 33.1 Å². The Hall–Kier alpha value is -3.38. The highest BCUT2D eigenvalue weighted by Crippen LogP contribution is 2.48. The van der Waals surface area contributed by atoms with Gasteiger partial charge < -0.3 is 18.9 Å². The summed E-state index contributed by atoms with van der Waals surface area (Å²) < 4.78 is 22.7. The maximum absolute atomic E-state index is 6.41. The first-order chi connectivity index (χ1) is 15.6. The SMILES string of the molecule is COc1cccc([C@@H]2Oc3ccc(Cl)cc3[C@@H]3CC(c4ccc(OC)c(OC)c4)=NN32)c1. The molecule has 2 atom stereocenters. The number of halogens is 1. The quantitative estimate of drug-likeness (QED) is 0.505. The van der Waals surface area contributed by atoms with Crippen LogP contribution in [0.4, 0.5) is 0 Å². The van der Waals surface area contributed by atoms with E-state index in [0.29, 0.717) is 22.9 Å². The Morgan fingerprint density at radius 1 is 0.938 bits per heavy atom. The van der Waals surface area contributed by atoms with Crippen LogP contribution in [0.2, 0.25) is 5.02 Å². The molecule has 3 aromatic carbocycles. The van der Waals surface area contributed by atoms with Gasteiger partial charge in [0.2, 0.25) is 6.23 Å². The van der Waals surface area contributed by atoms with Crippen LogP contribution >= 0.6 is 11.6 Å². The zero-order valence-corrected chi connectivity index (χ0v) is 18.8. The number of benzene rings is 3. The van der Waals surface area contributed by atoms with E-state index in [1.807, 2.05) is 65.7 Å². The van der Waals surface area contributed by atoms with E-state index in [1.165, 1.54) is 0 Å². The Morgan fingerprint density at radius 3 is 2.56 bits per heavy atom. The highest BCUT2D eigenvalue weighted by atomic mass is 35.5. The van der Waals surface area contributed by atoms with Crippen molar-refractivity contribution in [1.82, 2.24) is 5.01 Å². The van der Waals surface area contributed by atoms with Gasteiger partial charge in [0.1, 0.15) is 11.5 Å². The molecular formula is C25H23ClN2O4. The van der Waals surface area contributed by atoms with Gasteiger partial charge in [0, 0.05) is 28.1 Å². The predicted octanol–water partition coefficient (Wildman–Crippen LogP) is 5.61. The lowest BCUT2D eigenvalue weighted by atomic mass is 9.95. The number of rotatable bonds is 5. The lowest BCUT2D eigenvalue weighted by Gasteiger charge is -2.38. The minimum Gasteiger partial charge on any atom is -0.497 e. The molecule has 0 aliphatic carbocycles. The number of hydrogen-bond donors (Lipinski definition) is 0. The summed E-state index contributed by atoms with van der Waals surface area (Å²) in [7, 11) is 4.91. The molecule has 0 fully saturated rings. The minimum absolute atomic E-state index is 0.00301. The molecule has 3 aromatic rings. The fraction of sp³-hybridized carbons (Fsp3) is 0.240. The number of ether oxygens (including phenoxy) is 4. The van der Waals surface area contributed by atoms with Crippen LogP contribution in [0.15, 0.2) is 65.8 Å². The van der Waals surface area contributed by atoms with Crippen LogP contribution < -0.4 is 18.9 Å². The molecule has 6 nitrogen and oxygen atoms in total. The van der Waals surface area contributed by atoms with Gasteiger partial charge in [-0.1, -0.05) is 23.7 Å². The normalized spacial score (nSPS) is 18.9. The number of methoxy groups -OCH3 is 3. The highest BCUT2D eigenvalue weighted by molar-refractivity contribution is 6.30. The Balaban J connectivity index is 1.59. The van der Waals surface area contributed by atoms with Crippen LogP contribution in [0.3, 0.4) is 0 Å². The third-order valence-corrected chi connectivity index (χ3v) is 6.08. The average molecular weight is 451 g/mol. The van der Waals surface area contributed by atoms with Gasteiger partial charge >= 0.3 is 0 Å². The van der Waals surface area contributed by atoms with Crippen molar-refractivity contribution >= 4 is 17.3 Å². The molecule has 2 heterocycles. The summed E-state index contributed by atoms with van der Waals surface area (Å²) >= 11 is 6.33. The van der Waals surface area contributed by atoms with Crippen molar-refractivity contribution in [3.63, 3.8) is 0 Å². The maximum atomic E-state index is 6.41. The summed E-state index contributed by atoms with van der Waals surface area (Å²) in [4.78, 5) is 0. The summed E-state index contributed by atoms with van der Waals surface area (Å²) in [5, 5.41) is 7.68. The highest BCUT2D eigenvalue weighted by Gasteiger charge is 2.41. The van der Waals surface area contributed by atoms with E-state index < -0.39 is 0 Å². The molecule has 2 aliphatic heterocycles. The molecule has 0 N–H and O–H groups in total. The van der Waals surface area contributed by atoms with Gasteiger partial charge in [-0.15, -0.1) is 0 Å². The van der Waals surface area contributed by atoms with Crippen molar-refractivity contribution in [2.75, 3.05) is 21.3 Å². The van der Waals surface area contributed by atoms with Crippen LogP contribution in [-0.4, -0.2) is 32.0 Å². The first-order valence-electron chi connectivity index (χ1n) is 10.3. The molecular weight excluding hydrogens is 428 g/mol. The molecule has 0 spiro atoms. The van der Waals surface area contributed by atoms with Crippen LogP contribution in [0.1, 0.15) is 35.4 Å². The number of fused-ring (bicyclic) bond motifs is 3. The zero-order valence-electron chi connectivity index (χ0n) is 18.0. The molecule has 0 saturated heterocycles. The van der Waals surface area contributed by atoms with E-state index >= 15 is 0 Å². The number of nitrogens with zero attached hydrogens (tertiary/aromatic N) is 2. The molecule has 0 radical (unpaired) electrons. The molecule has 0 aromatic heterocycles. The van der Waals surface area contributed by atoms with Crippen molar-refractivity contribution in [3.8, 4) is 23.0 Å². The Bertz CT molecular complexity index is 1200. The second-order valence-electron chi connectivity index (χ2n) is 7.65. The molecule has 2 aliphatic rings. The Labute approximate surface area is 191 Å². The van der Waals surface area contributed by atoms with Crippen molar-refractivity contribution in [1.29, 1.82) is 0 Å². The number of hydrogen-bond acceptors (Lipinski definition) is 6. The third kappa shape index (κ3) is 3.50. The largest absolute Gasteiger partial charge is 0.497 e. The van der Waals surface area contributed by atoms with Gasteiger partial charge in [-0.2, -0.15) is 5.10 Å². The van der Waals surface area contributed by atoms with Crippen molar-refractivity contribution in [3.05, 3.63) is 82.4 Å². The van der Waals surface area contributed by atoms with Gasteiger partial charge in [0.15, 0.2) is 11.5 Å². The monoisotopic (exact) mass is 450 g/mol. The summed E-state index contributed by atoms with van der Waals surface area (Å²) in [6, 6.07) is 19.5. The van der Waals surface area contributed by atoms with Gasteiger partial charge in [-0.05, 0) is 48.5 Å². The summed E-state index contributed by atoms with van der Waals surface area (Å²) in [5.74, 6) is 2.93. The van der Waals surface area contributed by atoms with E-state index in [0.717, 1.165) is 33.9 Å². The predicted molar refractivity (Wildman–Crippen MR) is 123 cm³/mol. The van der Waals surface area contributed by atoms with E-state index in [1.54, 1.807) is 21.3 Å². The summed E-state index contributed by atoms with van der Waals surface area (Å²) in [6.45, 7) is 0. The minimum atomic E-state index is -0.388. The van der Waals surface area contributed by atoms with Crippen LogP contribution in [-0.2, 0) is 0 Å². The van der Waals surface area contributed by atoms with E-state index in [4.69, 9.17) is 35.6 Å². The van der Waals surface area contributed by atoms with Crippen LogP contribution in [0.25, 0.3) is 0 Å².